The minimum absolute atomic E-state index is 0.256. The number of hydrogen-bond acceptors (Lipinski definition) is 5. The highest BCUT2D eigenvalue weighted by Gasteiger charge is 2.28. The minimum Gasteiger partial charge on any atom is -0.468 e. The van der Waals surface area contributed by atoms with Crippen LogP contribution in [0.5, 0.6) is 0 Å². The molecule has 1 saturated heterocycles. The number of methoxy groups -OCH3 is 1. The van der Waals surface area contributed by atoms with Crippen molar-refractivity contribution in [3.63, 3.8) is 0 Å². The number of ether oxygens (including phenoxy) is 2. The normalized spacial score (nSPS) is 20.8. The van der Waals surface area contributed by atoms with Crippen LogP contribution in [-0.4, -0.2) is 55.3 Å². The van der Waals surface area contributed by atoms with Gasteiger partial charge in [-0.3, -0.25) is 4.79 Å². The fraction of sp³-hybridized carbons (Fsp3) is 0.867. The van der Waals surface area contributed by atoms with Gasteiger partial charge < -0.3 is 19.7 Å². The van der Waals surface area contributed by atoms with Crippen molar-refractivity contribution in [2.45, 2.75) is 52.2 Å². The summed E-state index contributed by atoms with van der Waals surface area (Å²) in [5.41, 5.74) is -0.471. The molecule has 6 heteroatoms. The van der Waals surface area contributed by atoms with Crippen LogP contribution < -0.4 is 5.32 Å². The lowest BCUT2D eigenvalue weighted by molar-refractivity contribution is -0.142. The standard InChI is InChI=1S/C15H28N2O4/c1-11(13(18)20-5)16-9-12-7-6-8-17(10-12)14(19)21-15(2,3)4/h11-12,16H,6-10H2,1-5H3. The molecule has 1 amide bonds. The van der Waals surface area contributed by atoms with Gasteiger partial charge in [-0.15, -0.1) is 0 Å². The fourth-order valence-corrected chi connectivity index (χ4v) is 2.33. The zero-order valence-electron chi connectivity index (χ0n) is 13.8. The van der Waals surface area contributed by atoms with Gasteiger partial charge in [0.1, 0.15) is 11.6 Å². The van der Waals surface area contributed by atoms with Crippen LogP contribution >= 0.6 is 0 Å². The van der Waals surface area contributed by atoms with Crippen molar-refractivity contribution in [2.75, 3.05) is 26.7 Å². The molecule has 0 radical (unpaired) electrons. The molecular formula is C15H28N2O4. The van der Waals surface area contributed by atoms with Crippen LogP contribution in [0.4, 0.5) is 4.79 Å². The Kier molecular flexibility index (Phi) is 6.45. The van der Waals surface area contributed by atoms with E-state index in [1.165, 1.54) is 7.11 Å². The van der Waals surface area contributed by atoms with Gasteiger partial charge in [0.05, 0.1) is 7.11 Å². The molecule has 1 N–H and O–H groups in total. The summed E-state index contributed by atoms with van der Waals surface area (Å²) >= 11 is 0. The highest BCUT2D eigenvalue weighted by Crippen LogP contribution is 2.19. The summed E-state index contributed by atoms with van der Waals surface area (Å²) in [7, 11) is 1.38. The molecule has 1 fully saturated rings. The zero-order chi connectivity index (χ0) is 16.0. The van der Waals surface area contributed by atoms with Crippen LogP contribution in [0.2, 0.25) is 0 Å². The van der Waals surface area contributed by atoms with E-state index in [0.29, 0.717) is 19.0 Å². The summed E-state index contributed by atoms with van der Waals surface area (Å²) in [6, 6.07) is -0.327. The molecule has 0 saturated carbocycles. The van der Waals surface area contributed by atoms with Crippen molar-refractivity contribution in [1.82, 2.24) is 10.2 Å². The number of rotatable bonds is 4. The first-order chi connectivity index (χ1) is 9.73. The van der Waals surface area contributed by atoms with Gasteiger partial charge in [0.2, 0.25) is 0 Å². The summed E-state index contributed by atoms with van der Waals surface area (Å²) in [6.45, 7) is 9.47. The lowest BCUT2D eigenvalue weighted by Gasteiger charge is -2.34. The van der Waals surface area contributed by atoms with Gasteiger partial charge in [0.15, 0.2) is 0 Å². The molecule has 1 aliphatic heterocycles. The second kappa shape index (κ2) is 7.64. The molecule has 0 aromatic carbocycles. The number of esters is 1. The van der Waals surface area contributed by atoms with E-state index in [4.69, 9.17) is 4.74 Å². The number of piperidine rings is 1. The molecule has 0 aromatic heterocycles. The molecule has 2 unspecified atom stereocenters. The van der Waals surface area contributed by atoms with E-state index in [2.05, 4.69) is 10.1 Å². The maximum atomic E-state index is 12.1. The quantitative estimate of drug-likeness (QED) is 0.802. The summed E-state index contributed by atoms with van der Waals surface area (Å²) in [5.74, 6) is 0.0631. The Labute approximate surface area is 127 Å². The first-order valence-corrected chi connectivity index (χ1v) is 7.52. The van der Waals surface area contributed by atoms with Crippen LogP contribution in [0.25, 0.3) is 0 Å². The number of amides is 1. The Morgan fingerprint density at radius 3 is 2.62 bits per heavy atom. The van der Waals surface area contributed by atoms with E-state index >= 15 is 0 Å². The van der Waals surface area contributed by atoms with E-state index in [9.17, 15) is 9.59 Å². The van der Waals surface area contributed by atoms with Crippen molar-refractivity contribution >= 4 is 12.1 Å². The summed E-state index contributed by atoms with van der Waals surface area (Å²) in [5, 5.41) is 3.16. The maximum Gasteiger partial charge on any atom is 0.410 e. The number of likely N-dealkylation sites (tertiary alicyclic amines) is 1. The number of nitrogens with one attached hydrogen (secondary N) is 1. The summed E-state index contributed by atoms with van der Waals surface area (Å²) in [6.07, 6.45) is 1.74. The Hall–Kier alpha value is -1.30. The van der Waals surface area contributed by atoms with Gasteiger partial charge in [-0.2, -0.15) is 0 Å². The van der Waals surface area contributed by atoms with Crippen LogP contribution in [0.15, 0.2) is 0 Å². The Morgan fingerprint density at radius 2 is 2.05 bits per heavy atom. The van der Waals surface area contributed by atoms with Crippen molar-refractivity contribution in [1.29, 1.82) is 0 Å². The van der Waals surface area contributed by atoms with Crippen molar-refractivity contribution in [3.8, 4) is 0 Å². The lowest BCUT2D eigenvalue weighted by atomic mass is 9.98. The predicted molar refractivity (Wildman–Crippen MR) is 80.0 cm³/mol. The smallest absolute Gasteiger partial charge is 0.410 e. The Bertz CT molecular complexity index is 365. The van der Waals surface area contributed by atoms with Gasteiger partial charge in [-0.05, 0) is 46.5 Å². The van der Waals surface area contributed by atoms with Crippen LogP contribution in [0.1, 0.15) is 40.5 Å². The SMILES string of the molecule is COC(=O)C(C)NCC1CCCN(C(=O)OC(C)(C)C)C1. The molecular weight excluding hydrogens is 272 g/mol. The number of hydrogen-bond donors (Lipinski definition) is 1. The molecule has 0 aromatic rings. The molecule has 2 atom stereocenters. The second-order valence-electron chi connectivity index (χ2n) is 6.59. The highest BCUT2D eigenvalue weighted by atomic mass is 16.6. The highest BCUT2D eigenvalue weighted by molar-refractivity contribution is 5.75. The fourth-order valence-electron chi connectivity index (χ4n) is 2.33. The van der Waals surface area contributed by atoms with E-state index in [0.717, 1.165) is 19.4 Å². The minimum atomic E-state index is -0.471. The van der Waals surface area contributed by atoms with Crippen molar-refractivity contribution < 1.29 is 19.1 Å². The molecule has 1 heterocycles. The van der Waals surface area contributed by atoms with Crippen LogP contribution in [-0.2, 0) is 14.3 Å². The summed E-state index contributed by atoms with van der Waals surface area (Å²) < 4.78 is 10.1. The molecule has 122 valence electrons. The molecule has 0 bridgehead atoms. The van der Waals surface area contributed by atoms with E-state index in [1.807, 2.05) is 20.8 Å². The first kappa shape index (κ1) is 17.8. The number of carbonyl (C=O) groups excluding carboxylic acids is 2. The van der Waals surface area contributed by atoms with Crippen molar-refractivity contribution in [2.24, 2.45) is 5.92 Å². The summed E-state index contributed by atoms with van der Waals surface area (Å²) in [4.78, 5) is 25.2. The third kappa shape index (κ3) is 6.33. The maximum absolute atomic E-state index is 12.1. The van der Waals surface area contributed by atoms with E-state index < -0.39 is 5.60 Å². The third-order valence-corrected chi connectivity index (χ3v) is 3.44. The van der Waals surface area contributed by atoms with Crippen LogP contribution in [0, 0.1) is 5.92 Å². The molecule has 1 rings (SSSR count). The molecule has 0 aliphatic carbocycles. The Balaban J connectivity index is 2.42. The largest absolute Gasteiger partial charge is 0.468 e. The average Bonchev–Trinajstić information content (AvgIpc) is 2.42. The molecule has 21 heavy (non-hydrogen) atoms. The zero-order valence-corrected chi connectivity index (χ0v) is 13.8. The van der Waals surface area contributed by atoms with Gasteiger partial charge >= 0.3 is 12.1 Å². The third-order valence-electron chi connectivity index (χ3n) is 3.44. The van der Waals surface area contributed by atoms with Gasteiger partial charge in [-0.1, -0.05) is 0 Å². The topological polar surface area (TPSA) is 67.9 Å². The van der Waals surface area contributed by atoms with Gasteiger partial charge in [-0.25, -0.2) is 4.79 Å². The molecule has 0 spiro atoms. The number of nitrogens with zero attached hydrogens (tertiary/aromatic N) is 1. The lowest BCUT2D eigenvalue weighted by Crippen LogP contribution is -2.46. The monoisotopic (exact) mass is 300 g/mol. The molecule has 6 nitrogen and oxygen atoms in total. The van der Waals surface area contributed by atoms with Gasteiger partial charge in [0.25, 0.3) is 0 Å². The number of carbonyl (C=O) groups is 2. The molecule has 1 aliphatic rings. The van der Waals surface area contributed by atoms with Gasteiger partial charge in [0, 0.05) is 19.6 Å². The first-order valence-electron chi connectivity index (χ1n) is 7.52. The van der Waals surface area contributed by atoms with Crippen molar-refractivity contribution in [3.05, 3.63) is 0 Å². The Morgan fingerprint density at radius 1 is 1.38 bits per heavy atom. The second-order valence-corrected chi connectivity index (χ2v) is 6.59. The predicted octanol–water partition coefficient (Wildman–Crippen LogP) is 1.78. The van der Waals surface area contributed by atoms with E-state index in [-0.39, 0.29) is 18.1 Å². The van der Waals surface area contributed by atoms with E-state index in [1.54, 1.807) is 11.8 Å². The average molecular weight is 300 g/mol. The van der Waals surface area contributed by atoms with Crippen LogP contribution in [0.3, 0.4) is 0 Å².